The minimum absolute atomic E-state index is 0.186. The van der Waals surface area contributed by atoms with Crippen molar-refractivity contribution in [2.24, 2.45) is 11.7 Å². The van der Waals surface area contributed by atoms with E-state index in [1.165, 1.54) is 4.90 Å². The number of nitrogens with two attached hydrogens (primary N) is 1. The summed E-state index contributed by atoms with van der Waals surface area (Å²) in [4.78, 5) is 14.1. The third-order valence-electron chi connectivity index (χ3n) is 3.76. The van der Waals surface area contributed by atoms with Gasteiger partial charge in [0.2, 0.25) is 0 Å². The SMILES string of the molecule is CC.CC(C)=C(N)C1CCN(C(=O)Sc2ccccc2)CC1(F)F. The number of allylic oxidation sites excluding steroid dienone is 2. The lowest BCUT2D eigenvalue weighted by atomic mass is 9.88. The third-order valence-corrected chi connectivity index (χ3v) is 4.70. The third kappa shape index (κ3) is 5.23. The van der Waals surface area contributed by atoms with Gasteiger partial charge in [-0.2, -0.15) is 0 Å². The molecular formula is C18H26F2N2OS. The lowest BCUT2D eigenvalue weighted by molar-refractivity contribution is -0.0859. The molecule has 1 saturated heterocycles. The van der Waals surface area contributed by atoms with Gasteiger partial charge in [0, 0.05) is 17.1 Å². The number of carbonyl (C=O) groups excluding carboxylic acids is 1. The highest BCUT2D eigenvalue weighted by atomic mass is 32.2. The Hall–Kier alpha value is -1.56. The average molecular weight is 356 g/mol. The molecule has 134 valence electrons. The molecule has 6 heteroatoms. The van der Waals surface area contributed by atoms with Crippen molar-refractivity contribution in [2.75, 3.05) is 13.1 Å². The molecule has 24 heavy (non-hydrogen) atoms. The fourth-order valence-corrected chi connectivity index (χ4v) is 3.26. The minimum Gasteiger partial charge on any atom is -0.402 e. The van der Waals surface area contributed by atoms with Gasteiger partial charge in [0.05, 0.1) is 12.5 Å². The van der Waals surface area contributed by atoms with Crippen LogP contribution in [0.25, 0.3) is 0 Å². The summed E-state index contributed by atoms with van der Waals surface area (Å²) in [6.45, 7) is 7.18. The number of carbonyl (C=O) groups is 1. The Kier molecular flexibility index (Phi) is 7.73. The second kappa shape index (κ2) is 9.06. The first-order chi connectivity index (χ1) is 11.3. The molecule has 0 bridgehead atoms. The number of hydrogen-bond donors (Lipinski definition) is 1. The molecule has 1 fully saturated rings. The van der Waals surface area contributed by atoms with Crippen LogP contribution in [0.5, 0.6) is 0 Å². The molecule has 3 nitrogen and oxygen atoms in total. The van der Waals surface area contributed by atoms with Crippen molar-refractivity contribution in [1.82, 2.24) is 4.90 Å². The highest BCUT2D eigenvalue weighted by Gasteiger charge is 2.47. The number of thioether (sulfide) groups is 1. The summed E-state index contributed by atoms with van der Waals surface area (Å²) in [5.74, 6) is -3.98. The standard InChI is InChI=1S/C16H20F2N2OS.C2H6/c1-11(2)14(19)13-8-9-20(10-16(13,17)18)15(21)22-12-6-4-3-5-7-12;1-2/h3-7,13H,8-10,19H2,1-2H3;1-2H3. The predicted octanol–water partition coefficient (Wildman–Crippen LogP) is 5.13. The van der Waals surface area contributed by atoms with Crippen molar-refractivity contribution in [2.45, 2.75) is 44.9 Å². The molecule has 1 aliphatic rings. The number of alkyl halides is 2. The van der Waals surface area contributed by atoms with Crippen LogP contribution in [0.15, 0.2) is 46.5 Å². The molecule has 1 heterocycles. The predicted molar refractivity (Wildman–Crippen MR) is 96.2 cm³/mol. The molecular weight excluding hydrogens is 330 g/mol. The summed E-state index contributed by atoms with van der Waals surface area (Å²) in [7, 11) is 0. The summed E-state index contributed by atoms with van der Waals surface area (Å²) in [5, 5.41) is -0.347. The van der Waals surface area contributed by atoms with E-state index in [1.807, 2.05) is 32.0 Å². The molecule has 0 saturated carbocycles. The maximum absolute atomic E-state index is 14.3. The number of amides is 1. The number of halogens is 2. The van der Waals surface area contributed by atoms with E-state index in [4.69, 9.17) is 5.73 Å². The zero-order chi connectivity index (χ0) is 18.3. The minimum atomic E-state index is -2.99. The second-order valence-electron chi connectivity index (χ2n) is 5.66. The van der Waals surface area contributed by atoms with Crippen molar-refractivity contribution in [3.8, 4) is 0 Å². The Balaban J connectivity index is 0.00000139. The highest BCUT2D eigenvalue weighted by Crippen LogP contribution is 2.38. The molecule has 0 aliphatic carbocycles. The Labute approximate surface area is 147 Å². The second-order valence-corrected chi connectivity index (χ2v) is 6.68. The quantitative estimate of drug-likeness (QED) is 0.747. The molecule has 0 radical (unpaired) electrons. The van der Waals surface area contributed by atoms with Gasteiger partial charge >= 0.3 is 0 Å². The lowest BCUT2D eigenvalue weighted by Gasteiger charge is -2.38. The summed E-state index contributed by atoms with van der Waals surface area (Å²) >= 11 is 0.977. The van der Waals surface area contributed by atoms with Crippen molar-refractivity contribution in [1.29, 1.82) is 0 Å². The number of rotatable bonds is 2. The van der Waals surface area contributed by atoms with E-state index >= 15 is 0 Å². The number of nitrogens with zero attached hydrogens (tertiary/aromatic N) is 1. The van der Waals surface area contributed by atoms with Crippen LogP contribution in [0, 0.1) is 5.92 Å². The summed E-state index contributed by atoms with van der Waals surface area (Å²) < 4.78 is 28.6. The molecule has 2 rings (SSSR count). The first-order valence-corrected chi connectivity index (χ1v) is 8.95. The maximum Gasteiger partial charge on any atom is 0.286 e. The van der Waals surface area contributed by atoms with Crippen molar-refractivity contribution >= 4 is 17.0 Å². The average Bonchev–Trinajstić information content (AvgIpc) is 2.56. The van der Waals surface area contributed by atoms with Crippen molar-refractivity contribution < 1.29 is 13.6 Å². The Morgan fingerprint density at radius 1 is 1.25 bits per heavy atom. The van der Waals surface area contributed by atoms with Gasteiger partial charge in [0.25, 0.3) is 11.2 Å². The molecule has 1 aromatic rings. The van der Waals surface area contributed by atoms with E-state index in [9.17, 15) is 13.6 Å². The lowest BCUT2D eigenvalue weighted by Crippen LogP contribution is -2.51. The van der Waals surface area contributed by atoms with Gasteiger partial charge in [-0.05, 0) is 44.2 Å². The number of benzene rings is 1. The topological polar surface area (TPSA) is 46.3 Å². The highest BCUT2D eigenvalue weighted by molar-refractivity contribution is 8.13. The molecule has 1 atom stereocenters. The van der Waals surface area contributed by atoms with E-state index in [0.717, 1.165) is 16.7 Å². The first kappa shape index (κ1) is 20.5. The van der Waals surface area contributed by atoms with Crippen LogP contribution in [0.3, 0.4) is 0 Å². The van der Waals surface area contributed by atoms with Crippen LogP contribution in [0.2, 0.25) is 0 Å². The van der Waals surface area contributed by atoms with Gasteiger partial charge < -0.3 is 10.6 Å². The molecule has 0 aromatic heterocycles. The molecule has 1 amide bonds. The van der Waals surface area contributed by atoms with E-state index in [1.54, 1.807) is 26.0 Å². The van der Waals surface area contributed by atoms with Gasteiger partial charge in [-0.1, -0.05) is 37.6 Å². The van der Waals surface area contributed by atoms with Crippen LogP contribution in [-0.2, 0) is 0 Å². The van der Waals surface area contributed by atoms with Gasteiger partial charge in [-0.3, -0.25) is 4.79 Å². The van der Waals surface area contributed by atoms with Crippen LogP contribution in [0.4, 0.5) is 13.6 Å². The zero-order valence-electron chi connectivity index (χ0n) is 14.7. The van der Waals surface area contributed by atoms with Crippen LogP contribution in [-0.4, -0.2) is 29.2 Å². The first-order valence-electron chi connectivity index (χ1n) is 8.13. The largest absolute Gasteiger partial charge is 0.402 e. The van der Waals surface area contributed by atoms with E-state index in [-0.39, 0.29) is 17.4 Å². The van der Waals surface area contributed by atoms with Gasteiger partial charge in [0.1, 0.15) is 0 Å². The van der Waals surface area contributed by atoms with Crippen LogP contribution in [0.1, 0.15) is 34.1 Å². The van der Waals surface area contributed by atoms with Crippen molar-refractivity contribution in [3.05, 3.63) is 41.6 Å². The van der Waals surface area contributed by atoms with Gasteiger partial charge in [0.15, 0.2) is 0 Å². The number of piperidine rings is 1. The molecule has 0 spiro atoms. The fraction of sp³-hybridized carbons (Fsp3) is 0.500. The van der Waals surface area contributed by atoms with E-state index < -0.39 is 18.4 Å². The van der Waals surface area contributed by atoms with Crippen LogP contribution >= 0.6 is 11.8 Å². The van der Waals surface area contributed by atoms with Crippen molar-refractivity contribution in [3.63, 3.8) is 0 Å². The van der Waals surface area contributed by atoms with E-state index in [2.05, 4.69) is 0 Å². The van der Waals surface area contributed by atoms with E-state index in [0.29, 0.717) is 12.1 Å². The zero-order valence-corrected chi connectivity index (χ0v) is 15.5. The Morgan fingerprint density at radius 2 is 1.83 bits per heavy atom. The number of hydrogen-bond acceptors (Lipinski definition) is 3. The Morgan fingerprint density at radius 3 is 2.33 bits per heavy atom. The normalized spacial score (nSPS) is 19.1. The molecule has 1 aromatic carbocycles. The summed E-state index contributed by atoms with van der Waals surface area (Å²) in [5.41, 5.74) is 6.76. The maximum atomic E-state index is 14.3. The Bertz CT molecular complexity index is 572. The summed E-state index contributed by atoms with van der Waals surface area (Å²) in [6, 6.07) is 9.04. The molecule has 1 aliphatic heterocycles. The van der Waals surface area contributed by atoms with Gasteiger partial charge in [-0.15, -0.1) is 0 Å². The number of likely N-dealkylation sites (tertiary alicyclic amines) is 1. The van der Waals surface area contributed by atoms with Gasteiger partial charge in [-0.25, -0.2) is 8.78 Å². The monoisotopic (exact) mass is 356 g/mol. The van der Waals surface area contributed by atoms with Crippen LogP contribution < -0.4 is 5.73 Å². The smallest absolute Gasteiger partial charge is 0.286 e. The molecule has 2 N–H and O–H groups in total. The molecule has 1 unspecified atom stereocenters. The fourth-order valence-electron chi connectivity index (χ4n) is 2.48. The summed E-state index contributed by atoms with van der Waals surface area (Å²) in [6.07, 6.45) is 0.186.